The van der Waals surface area contributed by atoms with Crippen molar-refractivity contribution in [2.45, 2.75) is 31.3 Å². The van der Waals surface area contributed by atoms with Crippen LogP contribution >= 0.6 is 0 Å². The Kier molecular flexibility index (Phi) is 5.23. The van der Waals surface area contributed by atoms with E-state index in [0.29, 0.717) is 29.7 Å². The average molecular weight is 422 g/mol. The fourth-order valence-corrected chi connectivity index (χ4v) is 5.10. The molecule has 5 nitrogen and oxygen atoms in total. The van der Waals surface area contributed by atoms with Crippen molar-refractivity contribution in [3.8, 4) is 11.1 Å². The molecular formula is C21H25F2N3O2S. The minimum Gasteiger partial charge on any atom is -0.311 e. The van der Waals surface area contributed by atoms with Gasteiger partial charge in [-0.15, -0.1) is 0 Å². The van der Waals surface area contributed by atoms with Crippen molar-refractivity contribution in [1.82, 2.24) is 14.3 Å². The molecule has 2 aromatic rings. The molecule has 0 amide bonds. The zero-order chi connectivity index (χ0) is 20.8. The molecule has 2 fully saturated rings. The maximum Gasteiger partial charge on any atom is 0.279 e. The topological polar surface area (TPSA) is 61.4 Å². The standard InChI is InChI=1S/C21H25F2N3O2S/c1-26(2)29(27,28)25-20-18(24-13-21(20)9-10-21)12-15-6-4-8-17(19(15)23)14-5-3-7-16(22)11-14/h3-8,11,18,20,24-25H,9-10,12-13H2,1-2H3/t18-,20+/m0/s1. The van der Waals surface area contributed by atoms with Crippen LogP contribution < -0.4 is 10.0 Å². The zero-order valence-electron chi connectivity index (χ0n) is 16.5. The van der Waals surface area contributed by atoms with Crippen LogP contribution in [0.4, 0.5) is 8.78 Å². The monoisotopic (exact) mass is 421 g/mol. The second kappa shape index (κ2) is 7.43. The highest BCUT2D eigenvalue weighted by molar-refractivity contribution is 7.87. The van der Waals surface area contributed by atoms with Gasteiger partial charge in [-0.2, -0.15) is 17.4 Å². The molecule has 1 heterocycles. The second-order valence-electron chi connectivity index (χ2n) is 8.23. The predicted molar refractivity (Wildman–Crippen MR) is 108 cm³/mol. The van der Waals surface area contributed by atoms with E-state index in [1.54, 1.807) is 30.3 Å². The van der Waals surface area contributed by atoms with E-state index in [2.05, 4.69) is 10.0 Å². The molecule has 1 saturated heterocycles. The molecule has 2 atom stereocenters. The smallest absolute Gasteiger partial charge is 0.279 e. The Morgan fingerprint density at radius 1 is 1.17 bits per heavy atom. The predicted octanol–water partition coefficient (Wildman–Crippen LogP) is 2.69. The molecule has 0 aromatic heterocycles. The molecule has 0 radical (unpaired) electrons. The molecule has 156 valence electrons. The first-order valence-corrected chi connectivity index (χ1v) is 11.1. The lowest BCUT2D eigenvalue weighted by atomic mass is 9.91. The maximum atomic E-state index is 15.2. The quantitative estimate of drug-likeness (QED) is 0.754. The largest absolute Gasteiger partial charge is 0.311 e. The van der Waals surface area contributed by atoms with Gasteiger partial charge in [0.05, 0.1) is 0 Å². The van der Waals surface area contributed by atoms with Crippen molar-refractivity contribution < 1.29 is 17.2 Å². The van der Waals surface area contributed by atoms with Gasteiger partial charge < -0.3 is 5.32 Å². The number of nitrogens with one attached hydrogen (secondary N) is 2. The summed E-state index contributed by atoms with van der Waals surface area (Å²) in [6, 6.07) is 10.4. The Morgan fingerprint density at radius 3 is 2.55 bits per heavy atom. The van der Waals surface area contributed by atoms with Crippen molar-refractivity contribution in [1.29, 1.82) is 0 Å². The lowest BCUT2D eigenvalue weighted by Gasteiger charge is -2.27. The Bertz CT molecular complexity index is 1020. The average Bonchev–Trinajstić information content (AvgIpc) is 3.38. The van der Waals surface area contributed by atoms with Gasteiger partial charge in [-0.25, -0.2) is 8.78 Å². The molecule has 2 aromatic carbocycles. The molecule has 4 rings (SSSR count). The van der Waals surface area contributed by atoms with Crippen LogP contribution in [0.25, 0.3) is 11.1 Å². The molecule has 0 bridgehead atoms. The summed E-state index contributed by atoms with van der Waals surface area (Å²) in [6.45, 7) is 0.712. The Labute approximate surface area is 170 Å². The van der Waals surface area contributed by atoms with Crippen LogP contribution in [0, 0.1) is 17.0 Å². The molecule has 29 heavy (non-hydrogen) atoms. The number of benzene rings is 2. The van der Waals surface area contributed by atoms with Crippen LogP contribution in [0.2, 0.25) is 0 Å². The molecule has 1 aliphatic heterocycles. The minimum atomic E-state index is -3.60. The maximum absolute atomic E-state index is 15.2. The van der Waals surface area contributed by atoms with Crippen molar-refractivity contribution in [3.05, 3.63) is 59.7 Å². The van der Waals surface area contributed by atoms with E-state index in [1.165, 1.54) is 26.2 Å². The van der Waals surface area contributed by atoms with Crippen molar-refractivity contribution in [3.63, 3.8) is 0 Å². The summed E-state index contributed by atoms with van der Waals surface area (Å²) < 4.78 is 57.6. The van der Waals surface area contributed by atoms with E-state index >= 15 is 4.39 Å². The molecule has 2 aliphatic rings. The number of halogens is 2. The number of nitrogens with zero attached hydrogens (tertiary/aromatic N) is 1. The van der Waals surface area contributed by atoms with Crippen LogP contribution in [0.15, 0.2) is 42.5 Å². The lowest BCUT2D eigenvalue weighted by molar-refractivity contribution is 0.392. The summed E-state index contributed by atoms with van der Waals surface area (Å²) in [5.41, 5.74) is 1.21. The molecule has 1 spiro atoms. The van der Waals surface area contributed by atoms with E-state index in [-0.39, 0.29) is 17.5 Å². The van der Waals surface area contributed by atoms with E-state index in [4.69, 9.17) is 0 Å². The molecule has 2 N–H and O–H groups in total. The third kappa shape index (κ3) is 3.94. The van der Waals surface area contributed by atoms with Gasteiger partial charge in [0.2, 0.25) is 0 Å². The first kappa shape index (κ1) is 20.4. The van der Waals surface area contributed by atoms with Crippen molar-refractivity contribution in [2.75, 3.05) is 20.6 Å². The van der Waals surface area contributed by atoms with Crippen LogP contribution in [-0.2, 0) is 16.6 Å². The molecular weight excluding hydrogens is 396 g/mol. The summed E-state index contributed by atoms with van der Waals surface area (Å²) in [5.74, 6) is -0.815. The van der Waals surface area contributed by atoms with Gasteiger partial charge in [-0.3, -0.25) is 0 Å². The third-order valence-corrected chi connectivity index (χ3v) is 7.59. The van der Waals surface area contributed by atoms with E-state index in [9.17, 15) is 12.8 Å². The first-order valence-electron chi connectivity index (χ1n) is 9.68. The normalized spacial score (nSPS) is 23.1. The molecule has 1 aliphatic carbocycles. The Hall–Kier alpha value is -1.87. The summed E-state index contributed by atoms with van der Waals surface area (Å²) in [4.78, 5) is 0. The fraction of sp³-hybridized carbons (Fsp3) is 0.429. The summed E-state index contributed by atoms with van der Waals surface area (Å²) >= 11 is 0. The number of hydrogen-bond donors (Lipinski definition) is 2. The van der Waals surface area contributed by atoms with Crippen LogP contribution in [0.1, 0.15) is 18.4 Å². The highest BCUT2D eigenvalue weighted by Gasteiger charge is 2.57. The van der Waals surface area contributed by atoms with Crippen molar-refractivity contribution in [2.24, 2.45) is 5.41 Å². The Balaban J connectivity index is 1.61. The van der Waals surface area contributed by atoms with Crippen LogP contribution in [-0.4, -0.2) is 45.4 Å². The highest BCUT2D eigenvalue weighted by Crippen LogP contribution is 2.52. The first-order chi connectivity index (χ1) is 13.7. The number of rotatable bonds is 6. The van der Waals surface area contributed by atoms with Crippen molar-refractivity contribution >= 4 is 10.2 Å². The minimum absolute atomic E-state index is 0.0929. The summed E-state index contributed by atoms with van der Waals surface area (Å²) in [7, 11) is -0.621. The van der Waals surface area contributed by atoms with E-state index in [1.807, 2.05) is 0 Å². The van der Waals surface area contributed by atoms with Crippen LogP contribution in [0.3, 0.4) is 0 Å². The molecule has 1 saturated carbocycles. The van der Waals surface area contributed by atoms with Crippen LogP contribution in [0.5, 0.6) is 0 Å². The van der Waals surface area contributed by atoms with Gasteiger partial charge >= 0.3 is 0 Å². The summed E-state index contributed by atoms with van der Waals surface area (Å²) in [5, 5.41) is 3.39. The van der Waals surface area contributed by atoms with E-state index in [0.717, 1.165) is 17.1 Å². The number of hydrogen-bond acceptors (Lipinski definition) is 3. The Morgan fingerprint density at radius 2 is 1.90 bits per heavy atom. The van der Waals surface area contributed by atoms with Gasteiger partial charge in [0.1, 0.15) is 11.6 Å². The van der Waals surface area contributed by atoms with Gasteiger partial charge in [-0.05, 0) is 42.5 Å². The van der Waals surface area contributed by atoms with Gasteiger partial charge in [0.15, 0.2) is 0 Å². The lowest BCUT2D eigenvalue weighted by Crippen LogP contribution is -2.51. The third-order valence-electron chi connectivity index (χ3n) is 6.08. The van der Waals surface area contributed by atoms with Gasteiger partial charge in [-0.1, -0.05) is 30.3 Å². The zero-order valence-corrected chi connectivity index (χ0v) is 17.3. The van der Waals surface area contributed by atoms with E-state index < -0.39 is 21.8 Å². The van der Waals surface area contributed by atoms with Gasteiger partial charge in [0, 0.05) is 43.7 Å². The SMILES string of the molecule is CN(C)S(=O)(=O)N[C@@H]1[C@H](Cc2cccc(-c3cccc(F)c3)c2F)NCC12CC2. The fourth-order valence-electron chi connectivity index (χ4n) is 4.15. The molecule has 8 heteroatoms. The molecule has 0 unspecified atom stereocenters. The summed E-state index contributed by atoms with van der Waals surface area (Å²) in [6.07, 6.45) is 2.24. The van der Waals surface area contributed by atoms with Gasteiger partial charge in [0.25, 0.3) is 10.2 Å². The highest BCUT2D eigenvalue weighted by atomic mass is 32.2. The second-order valence-corrected chi connectivity index (χ2v) is 10.1.